The average molecular weight is 408 g/mol. The van der Waals surface area contributed by atoms with E-state index in [9.17, 15) is 4.79 Å². The summed E-state index contributed by atoms with van der Waals surface area (Å²) in [6.07, 6.45) is 1.45. The molecule has 1 saturated heterocycles. The van der Waals surface area contributed by atoms with Gasteiger partial charge in [-0.1, -0.05) is 6.07 Å². The minimum Gasteiger partial charge on any atom is -0.467 e. The molecule has 0 aromatic carbocycles. The molecule has 6 nitrogen and oxygen atoms in total. The van der Waals surface area contributed by atoms with Crippen molar-refractivity contribution in [3.05, 3.63) is 46.0 Å². The third kappa shape index (κ3) is 5.70. The van der Waals surface area contributed by atoms with Crippen molar-refractivity contribution in [1.82, 2.24) is 10.2 Å². The number of hydrogen-bond acceptors (Lipinski definition) is 6. The highest BCUT2D eigenvalue weighted by atomic mass is 35.5. The smallest absolute Gasteiger partial charge is 0.254 e. The van der Waals surface area contributed by atoms with Crippen molar-refractivity contribution >= 4 is 42.1 Å². The Bertz CT molecular complexity index is 630. The first kappa shape index (κ1) is 22.0. The molecule has 0 spiro atoms. The number of nitrogens with two attached hydrogens (primary N) is 1. The minimum absolute atomic E-state index is 0. The van der Waals surface area contributed by atoms with Crippen LogP contribution in [0.4, 0.5) is 0 Å². The molecule has 3 heterocycles. The largest absolute Gasteiger partial charge is 0.467 e. The number of furan rings is 1. The van der Waals surface area contributed by atoms with E-state index >= 15 is 0 Å². The molecule has 1 unspecified atom stereocenters. The molecule has 25 heavy (non-hydrogen) atoms. The Balaban J connectivity index is 0.00000156. The van der Waals surface area contributed by atoms with Crippen LogP contribution in [0.3, 0.4) is 0 Å². The molecule has 3 N–H and O–H groups in total. The fourth-order valence-electron chi connectivity index (χ4n) is 2.68. The molecule has 3 rings (SSSR count). The molecule has 9 heteroatoms. The monoisotopic (exact) mass is 407 g/mol. The quantitative estimate of drug-likeness (QED) is 0.768. The van der Waals surface area contributed by atoms with Crippen LogP contribution >= 0.6 is 36.2 Å². The van der Waals surface area contributed by atoms with Gasteiger partial charge in [0.15, 0.2) is 0 Å². The van der Waals surface area contributed by atoms with Crippen LogP contribution in [0.25, 0.3) is 0 Å². The van der Waals surface area contributed by atoms with E-state index in [-0.39, 0.29) is 36.8 Å². The molecule has 2 aromatic rings. The first-order chi connectivity index (χ1) is 11.3. The van der Waals surface area contributed by atoms with Crippen LogP contribution in [0.1, 0.15) is 27.0 Å². The predicted octanol–water partition coefficient (Wildman–Crippen LogP) is 2.45. The van der Waals surface area contributed by atoms with Crippen molar-refractivity contribution < 1.29 is 13.9 Å². The molecule has 1 aliphatic heterocycles. The molecule has 1 atom stereocenters. The molecular weight excluding hydrogens is 385 g/mol. The summed E-state index contributed by atoms with van der Waals surface area (Å²) in [6.45, 7) is 4.07. The van der Waals surface area contributed by atoms with Crippen LogP contribution in [-0.2, 0) is 11.3 Å². The van der Waals surface area contributed by atoms with Gasteiger partial charge in [-0.25, -0.2) is 0 Å². The number of nitrogens with zero attached hydrogens (tertiary/aromatic N) is 1. The lowest BCUT2D eigenvalue weighted by Crippen LogP contribution is -2.43. The zero-order chi connectivity index (χ0) is 16.1. The van der Waals surface area contributed by atoms with Gasteiger partial charge >= 0.3 is 0 Å². The molecule has 1 fully saturated rings. The lowest BCUT2D eigenvalue weighted by atomic mass is 10.1. The molecule has 1 aliphatic rings. The van der Waals surface area contributed by atoms with Gasteiger partial charge in [0.2, 0.25) is 0 Å². The van der Waals surface area contributed by atoms with Crippen LogP contribution in [0, 0.1) is 0 Å². The summed E-state index contributed by atoms with van der Waals surface area (Å²) in [4.78, 5) is 15.9. The number of carbonyl (C=O) groups is 1. The topological polar surface area (TPSA) is 80.7 Å². The number of amides is 1. The summed E-state index contributed by atoms with van der Waals surface area (Å²) in [7, 11) is 0. The van der Waals surface area contributed by atoms with E-state index in [1.807, 2.05) is 6.07 Å². The molecule has 2 aromatic heterocycles. The van der Waals surface area contributed by atoms with E-state index in [0.717, 1.165) is 26.3 Å². The van der Waals surface area contributed by atoms with Crippen LogP contribution < -0.4 is 11.1 Å². The number of nitrogens with one attached hydrogen (secondary N) is 1. The van der Waals surface area contributed by atoms with Crippen molar-refractivity contribution in [3.8, 4) is 0 Å². The number of halogens is 2. The highest BCUT2D eigenvalue weighted by Gasteiger charge is 2.24. The number of ether oxygens (including phenoxy) is 1. The summed E-state index contributed by atoms with van der Waals surface area (Å²) >= 11 is 1.71. The Morgan fingerprint density at radius 2 is 2.12 bits per heavy atom. The lowest BCUT2D eigenvalue weighted by Gasteiger charge is -2.34. The second-order valence-electron chi connectivity index (χ2n) is 5.40. The lowest BCUT2D eigenvalue weighted by molar-refractivity contribution is 0.0169. The Labute approximate surface area is 163 Å². The van der Waals surface area contributed by atoms with Gasteiger partial charge in [0.1, 0.15) is 12.0 Å². The SMILES string of the molecule is Cl.Cl.NCc1cc(C(=O)NCC(c2cccs2)N2CCOCC2)co1. The molecular formula is C16H23Cl2N3O3S. The van der Waals surface area contributed by atoms with Crippen molar-refractivity contribution in [2.45, 2.75) is 12.6 Å². The molecule has 0 saturated carbocycles. The second kappa shape index (κ2) is 10.8. The van der Waals surface area contributed by atoms with Crippen molar-refractivity contribution in [2.75, 3.05) is 32.8 Å². The Kier molecular flexibility index (Phi) is 9.48. The minimum atomic E-state index is -0.136. The summed E-state index contributed by atoms with van der Waals surface area (Å²) in [6, 6.07) is 6.01. The van der Waals surface area contributed by atoms with E-state index in [4.69, 9.17) is 14.9 Å². The van der Waals surface area contributed by atoms with E-state index in [0.29, 0.717) is 24.4 Å². The average Bonchev–Trinajstić information content (AvgIpc) is 3.27. The number of rotatable bonds is 6. The number of thiophene rings is 1. The maximum atomic E-state index is 12.3. The summed E-state index contributed by atoms with van der Waals surface area (Å²) < 4.78 is 10.6. The van der Waals surface area contributed by atoms with E-state index in [1.165, 1.54) is 11.1 Å². The van der Waals surface area contributed by atoms with Crippen molar-refractivity contribution in [3.63, 3.8) is 0 Å². The summed E-state index contributed by atoms with van der Waals surface area (Å²) in [5, 5.41) is 5.07. The molecule has 1 amide bonds. The van der Waals surface area contributed by atoms with Gasteiger partial charge in [-0.2, -0.15) is 0 Å². The van der Waals surface area contributed by atoms with Crippen LogP contribution in [0.5, 0.6) is 0 Å². The highest BCUT2D eigenvalue weighted by Crippen LogP contribution is 2.25. The second-order valence-corrected chi connectivity index (χ2v) is 6.37. The van der Waals surface area contributed by atoms with Crippen molar-refractivity contribution in [2.24, 2.45) is 5.73 Å². The fourth-order valence-corrected chi connectivity index (χ4v) is 3.54. The van der Waals surface area contributed by atoms with E-state index in [2.05, 4.69) is 21.7 Å². The fraction of sp³-hybridized carbons (Fsp3) is 0.438. The van der Waals surface area contributed by atoms with Crippen LogP contribution in [0.2, 0.25) is 0 Å². The van der Waals surface area contributed by atoms with Gasteiger partial charge in [0, 0.05) is 24.5 Å². The first-order valence-corrected chi connectivity index (χ1v) is 8.57. The summed E-state index contributed by atoms with van der Waals surface area (Å²) in [5.74, 6) is 0.474. The maximum absolute atomic E-state index is 12.3. The Morgan fingerprint density at radius 3 is 2.72 bits per heavy atom. The van der Waals surface area contributed by atoms with Gasteiger partial charge in [0.05, 0.1) is 31.4 Å². The van der Waals surface area contributed by atoms with E-state index < -0.39 is 0 Å². The third-order valence-electron chi connectivity index (χ3n) is 3.93. The summed E-state index contributed by atoms with van der Waals surface area (Å²) in [5.41, 5.74) is 6.02. The Hall–Kier alpha value is -1.09. The van der Waals surface area contributed by atoms with Gasteiger partial charge in [-0.05, 0) is 17.5 Å². The van der Waals surface area contributed by atoms with Crippen LogP contribution in [-0.4, -0.2) is 43.7 Å². The Morgan fingerprint density at radius 1 is 1.36 bits per heavy atom. The third-order valence-corrected chi connectivity index (χ3v) is 4.90. The number of carbonyl (C=O) groups excluding carboxylic acids is 1. The van der Waals surface area contributed by atoms with E-state index in [1.54, 1.807) is 17.4 Å². The number of hydrogen-bond donors (Lipinski definition) is 2. The van der Waals surface area contributed by atoms with Crippen LogP contribution in [0.15, 0.2) is 34.3 Å². The zero-order valence-corrected chi connectivity index (χ0v) is 16.1. The molecule has 140 valence electrons. The maximum Gasteiger partial charge on any atom is 0.254 e. The predicted molar refractivity (Wildman–Crippen MR) is 103 cm³/mol. The first-order valence-electron chi connectivity index (χ1n) is 7.69. The van der Waals surface area contributed by atoms with Gasteiger partial charge in [-0.15, -0.1) is 36.2 Å². The van der Waals surface area contributed by atoms with Gasteiger partial charge < -0.3 is 20.2 Å². The van der Waals surface area contributed by atoms with Gasteiger partial charge in [0.25, 0.3) is 5.91 Å². The van der Waals surface area contributed by atoms with Gasteiger partial charge in [-0.3, -0.25) is 9.69 Å². The highest BCUT2D eigenvalue weighted by molar-refractivity contribution is 7.10. The number of morpholine rings is 1. The molecule has 0 bridgehead atoms. The normalized spacial score (nSPS) is 15.7. The van der Waals surface area contributed by atoms with Crippen molar-refractivity contribution in [1.29, 1.82) is 0 Å². The molecule has 0 radical (unpaired) electrons. The molecule has 0 aliphatic carbocycles. The zero-order valence-electron chi connectivity index (χ0n) is 13.7. The standard InChI is InChI=1S/C16H21N3O3S.2ClH/c17-9-13-8-12(11-22-13)16(20)18-10-14(15-2-1-7-23-15)19-3-5-21-6-4-19;;/h1-2,7-8,11,14H,3-6,9-10,17H2,(H,18,20);2*1H.